The van der Waals surface area contributed by atoms with Gasteiger partial charge in [0.15, 0.2) is 5.78 Å². The molecule has 5 nitrogen and oxygen atoms in total. The van der Waals surface area contributed by atoms with Crippen LogP contribution in [-0.4, -0.2) is 17.3 Å². The molecule has 0 atom stereocenters. The molecule has 0 fully saturated rings. The summed E-state index contributed by atoms with van der Waals surface area (Å²) in [6.07, 6.45) is 0. The standard InChI is InChI=1S/C9H10N2O3/c1-6-2-3-8(11(13)14)7(4-6)9(12)5-10/h2-4H,5,10H2,1H3. The second-order valence-electron chi connectivity index (χ2n) is 2.91. The van der Waals surface area contributed by atoms with Gasteiger partial charge in [-0.3, -0.25) is 14.9 Å². The Morgan fingerprint density at radius 3 is 2.71 bits per heavy atom. The van der Waals surface area contributed by atoms with Crippen LogP contribution in [0.25, 0.3) is 0 Å². The molecule has 1 aromatic rings. The molecule has 1 aromatic carbocycles. The number of carbonyl (C=O) groups is 1. The first kappa shape index (κ1) is 10.3. The summed E-state index contributed by atoms with van der Waals surface area (Å²) < 4.78 is 0. The number of rotatable bonds is 3. The minimum absolute atomic E-state index is 0.0810. The van der Waals surface area contributed by atoms with Crippen LogP contribution in [0.2, 0.25) is 0 Å². The van der Waals surface area contributed by atoms with Crippen LogP contribution in [0.3, 0.4) is 0 Å². The third kappa shape index (κ3) is 1.94. The highest BCUT2D eigenvalue weighted by molar-refractivity contribution is 6.01. The molecule has 0 amide bonds. The fraction of sp³-hybridized carbons (Fsp3) is 0.222. The number of benzene rings is 1. The Balaban J connectivity index is 3.29. The van der Waals surface area contributed by atoms with Crippen LogP contribution >= 0.6 is 0 Å². The van der Waals surface area contributed by atoms with E-state index in [2.05, 4.69) is 0 Å². The van der Waals surface area contributed by atoms with Crippen LogP contribution in [0.4, 0.5) is 5.69 Å². The molecule has 2 N–H and O–H groups in total. The maximum Gasteiger partial charge on any atom is 0.280 e. The summed E-state index contributed by atoms with van der Waals surface area (Å²) in [4.78, 5) is 21.2. The van der Waals surface area contributed by atoms with E-state index in [1.807, 2.05) is 0 Å². The molecular formula is C9H10N2O3. The van der Waals surface area contributed by atoms with Gasteiger partial charge in [0.2, 0.25) is 0 Å². The third-order valence-corrected chi connectivity index (χ3v) is 1.83. The van der Waals surface area contributed by atoms with Gasteiger partial charge in [-0.15, -0.1) is 0 Å². The lowest BCUT2D eigenvalue weighted by atomic mass is 10.1. The van der Waals surface area contributed by atoms with Crippen molar-refractivity contribution in [2.75, 3.05) is 6.54 Å². The van der Waals surface area contributed by atoms with Crippen LogP contribution < -0.4 is 5.73 Å². The number of aryl methyl sites for hydroxylation is 1. The zero-order valence-corrected chi connectivity index (χ0v) is 7.69. The highest BCUT2D eigenvalue weighted by Crippen LogP contribution is 2.19. The number of nitro benzene ring substituents is 1. The number of Topliss-reactive ketones (excluding diaryl/α,β-unsaturated/α-hetero) is 1. The average molecular weight is 194 g/mol. The maximum atomic E-state index is 11.3. The first-order valence-corrected chi connectivity index (χ1v) is 4.04. The molecule has 0 saturated carbocycles. The molecule has 0 aliphatic carbocycles. The molecule has 0 saturated heterocycles. The van der Waals surface area contributed by atoms with Gasteiger partial charge in [0, 0.05) is 6.07 Å². The molecular weight excluding hydrogens is 184 g/mol. The highest BCUT2D eigenvalue weighted by Gasteiger charge is 2.18. The topological polar surface area (TPSA) is 86.2 Å². The van der Waals surface area contributed by atoms with Crippen LogP contribution in [0.1, 0.15) is 15.9 Å². The van der Waals surface area contributed by atoms with Gasteiger partial charge in [-0.25, -0.2) is 0 Å². The van der Waals surface area contributed by atoms with Crippen molar-refractivity contribution < 1.29 is 9.72 Å². The lowest BCUT2D eigenvalue weighted by Crippen LogP contribution is -2.15. The Morgan fingerprint density at radius 2 is 2.21 bits per heavy atom. The minimum Gasteiger partial charge on any atom is -0.324 e. The lowest BCUT2D eigenvalue weighted by molar-refractivity contribution is -0.385. The van der Waals surface area contributed by atoms with E-state index in [4.69, 9.17) is 5.73 Å². The van der Waals surface area contributed by atoms with Crippen molar-refractivity contribution in [3.05, 3.63) is 39.4 Å². The Morgan fingerprint density at radius 1 is 1.57 bits per heavy atom. The number of nitrogens with two attached hydrogens (primary N) is 1. The zero-order chi connectivity index (χ0) is 10.7. The van der Waals surface area contributed by atoms with Crippen molar-refractivity contribution >= 4 is 11.5 Å². The number of nitrogens with zero attached hydrogens (tertiary/aromatic N) is 1. The Labute approximate surface area is 80.7 Å². The predicted molar refractivity (Wildman–Crippen MR) is 51.2 cm³/mol. The average Bonchev–Trinajstić information content (AvgIpc) is 2.16. The van der Waals surface area contributed by atoms with Gasteiger partial charge in [0.1, 0.15) is 0 Å². The molecule has 14 heavy (non-hydrogen) atoms. The quantitative estimate of drug-likeness (QED) is 0.442. The van der Waals surface area contributed by atoms with Crippen LogP contribution in [0.5, 0.6) is 0 Å². The minimum atomic E-state index is -0.581. The van der Waals surface area contributed by atoms with E-state index < -0.39 is 10.7 Å². The van der Waals surface area contributed by atoms with Gasteiger partial charge in [-0.2, -0.15) is 0 Å². The van der Waals surface area contributed by atoms with E-state index in [0.29, 0.717) is 0 Å². The van der Waals surface area contributed by atoms with Crippen LogP contribution in [0.15, 0.2) is 18.2 Å². The van der Waals surface area contributed by atoms with Crippen molar-refractivity contribution in [3.8, 4) is 0 Å². The number of nitro groups is 1. The number of hydrogen-bond acceptors (Lipinski definition) is 4. The van der Waals surface area contributed by atoms with Gasteiger partial charge >= 0.3 is 0 Å². The summed E-state index contributed by atoms with van der Waals surface area (Å²) >= 11 is 0. The van der Waals surface area contributed by atoms with Crippen molar-refractivity contribution in [2.24, 2.45) is 5.73 Å². The van der Waals surface area contributed by atoms with Crippen molar-refractivity contribution in [1.82, 2.24) is 0 Å². The first-order valence-electron chi connectivity index (χ1n) is 4.04. The van der Waals surface area contributed by atoms with Gasteiger partial charge < -0.3 is 5.73 Å². The van der Waals surface area contributed by atoms with Crippen molar-refractivity contribution in [1.29, 1.82) is 0 Å². The normalized spacial score (nSPS) is 9.86. The Kier molecular flexibility index (Phi) is 2.93. The molecule has 0 unspecified atom stereocenters. The zero-order valence-electron chi connectivity index (χ0n) is 7.69. The second-order valence-corrected chi connectivity index (χ2v) is 2.91. The number of ketones is 1. The molecule has 0 bridgehead atoms. The van der Waals surface area contributed by atoms with E-state index in [1.165, 1.54) is 12.1 Å². The molecule has 0 spiro atoms. The van der Waals surface area contributed by atoms with E-state index >= 15 is 0 Å². The van der Waals surface area contributed by atoms with Gasteiger partial charge in [-0.05, 0) is 18.6 Å². The van der Waals surface area contributed by atoms with Crippen molar-refractivity contribution in [3.63, 3.8) is 0 Å². The number of hydrogen-bond donors (Lipinski definition) is 1. The predicted octanol–water partition coefficient (Wildman–Crippen LogP) is 1.04. The monoisotopic (exact) mass is 194 g/mol. The van der Waals surface area contributed by atoms with E-state index in [9.17, 15) is 14.9 Å². The summed E-state index contributed by atoms with van der Waals surface area (Å²) in [5.41, 5.74) is 5.84. The first-order chi connectivity index (χ1) is 6.56. The van der Waals surface area contributed by atoms with Gasteiger partial charge in [-0.1, -0.05) is 6.07 Å². The van der Waals surface area contributed by atoms with E-state index in [1.54, 1.807) is 13.0 Å². The van der Waals surface area contributed by atoms with Crippen LogP contribution in [-0.2, 0) is 0 Å². The summed E-state index contributed by atoms with van der Waals surface area (Å²) in [5, 5.41) is 10.6. The largest absolute Gasteiger partial charge is 0.324 e. The molecule has 1 rings (SSSR count). The summed E-state index contributed by atoms with van der Waals surface area (Å²) in [5.74, 6) is -0.416. The Hall–Kier alpha value is -1.75. The molecule has 0 aliphatic heterocycles. The van der Waals surface area contributed by atoms with Gasteiger partial charge in [0.05, 0.1) is 17.0 Å². The van der Waals surface area contributed by atoms with E-state index in [-0.39, 0.29) is 17.8 Å². The molecule has 0 aliphatic rings. The molecule has 5 heteroatoms. The summed E-state index contributed by atoms with van der Waals surface area (Å²) in [6, 6.07) is 4.39. The molecule has 74 valence electrons. The highest BCUT2D eigenvalue weighted by atomic mass is 16.6. The third-order valence-electron chi connectivity index (χ3n) is 1.83. The SMILES string of the molecule is Cc1ccc([N+](=O)[O-])c(C(=O)CN)c1. The van der Waals surface area contributed by atoms with Crippen molar-refractivity contribution in [2.45, 2.75) is 6.92 Å². The van der Waals surface area contributed by atoms with Gasteiger partial charge in [0.25, 0.3) is 5.69 Å². The fourth-order valence-corrected chi connectivity index (χ4v) is 1.14. The molecule has 0 heterocycles. The number of carbonyl (C=O) groups excluding carboxylic acids is 1. The maximum absolute atomic E-state index is 11.3. The fourth-order valence-electron chi connectivity index (χ4n) is 1.14. The molecule has 0 radical (unpaired) electrons. The van der Waals surface area contributed by atoms with E-state index in [0.717, 1.165) is 5.56 Å². The second kappa shape index (κ2) is 3.97. The lowest BCUT2D eigenvalue weighted by Gasteiger charge is -2.01. The van der Waals surface area contributed by atoms with Crippen LogP contribution in [0, 0.1) is 17.0 Å². The smallest absolute Gasteiger partial charge is 0.280 e. The summed E-state index contributed by atoms with van der Waals surface area (Å²) in [6.45, 7) is 1.54. The molecule has 0 aromatic heterocycles. The summed E-state index contributed by atoms with van der Waals surface area (Å²) in [7, 11) is 0. The Bertz CT molecular complexity index is 388.